The molecule has 8 heteroatoms. The highest BCUT2D eigenvalue weighted by Gasteiger charge is 2.53. The highest BCUT2D eigenvalue weighted by molar-refractivity contribution is 5.98. The van der Waals surface area contributed by atoms with Crippen molar-refractivity contribution >= 4 is 17.6 Å². The Bertz CT molecular complexity index is 707. The van der Waals surface area contributed by atoms with Gasteiger partial charge in [-0.15, -0.1) is 0 Å². The molecule has 142 valence electrons. The van der Waals surface area contributed by atoms with Crippen LogP contribution in [-0.4, -0.2) is 53.7 Å². The molecule has 0 aliphatic carbocycles. The molecule has 0 radical (unpaired) electrons. The van der Waals surface area contributed by atoms with Gasteiger partial charge in [0.2, 0.25) is 5.91 Å². The number of carboxylic acids is 1. The van der Waals surface area contributed by atoms with E-state index in [1.807, 2.05) is 24.3 Å². The van der Waals surface area contributed by atoms with E-state index < -0.39 is 36.6 Å². The molecule has 2 aliphatic heterocycles. The molecule has 3 atom stereocenters. The molecule has 1 saturated heterocycles. The first-order valence-electron chi connectivity index (χ1n) is 8.63. The van der Waals surface area contributed by atoms with E-state index in [0.717, 1.165) is 24.1 Å². The number of carboxylic acid groups (broad SMARTS) is 1. The van der Waals surface area contributed by atoms with Gasteiger partial charge in [0.15, 0.2) is 0 Å². The zero-order valence-corrected chi connectivity index (χ0v) is 14.4. The topological polar surface area (TPSA) is 60.9 Å². The lowest BCUT2D eigenvalue weighted by molar-refractivity contribution is -0.188. The maximum atomic E-state index is 13.2. The van der Waals surface area contributed by atoms with Crippen LogP contribution in [0.3, 0.4) is 0 Å². The molecule has 0 bridgehead atoms. The number of aliphatic carboxylic acids is 1. The molecule has 1 amide bonds. The van der Waals surface area contributed by atoms with E-state index in [4.69, 9.17) is 5.11 Å². The number of aryl methyl sites for hydroxylation is 1. The molecule has 2 aliphatic rings. The van der Waals surface area contributed by atoms with Crippen molar-refractivity contribution in [3.05, 3.63) is 29.8 Å². The molecule has 26 heavy (non-hydrogen) atoms. The van der Waals surface area contributed by atoms with Gasteiger partial charge in [-0.1, -0.05) is 18.2 Å². The second-order valence-electron chi connectivity index (χ2n) is 6.94. The molecule has 2 heterocycles. The Morgan fingerprint density at radius 3 is 2.54 bits per heavy atom. The molecule has 1 aromatic rings. The minimum absolute atomic E-state index is 0.276. The van der Waals surface area contributed by atoms with E-state index in [2.05, 4.69) is 0 Å². The minimum atomic E-state index is -4.60. The van der Waals surface area contributed by atoms with E-state index >= 15 is 0 Å². The van der Waals surface area contributed by atoms with Crippen LogP contribution >= 0.6 is 0 Å². The number of anilines is 1. The molecule has 0 aromatic heterocycles. The van der Waals surface area contributed by atoms with Crippen LogP contribution in [-0.2, 0) is 16.0 Å². The molecule has 1 unspecified atom stereocenters. The van der Waals surface area contributed by atoms with Crippen molar-refractivity contribution in [1.82, 2.24) is 4.90 Å². The Hall–Kier alpha value is -2.09. The number of fused-ring (bicyclic) bond motifs is 1. The number of likely N-dealkylation sites (tertiary alicyclic amines) is 1. The number of benzene rings is 1. The fourth-order valence-corrected chi connectivity index (χ4v) is 3.88. The Balaban J connectivity index is 1.79. The van der Waals surface area contributed by atoms with Gasteiger partial charge in [0.05, 0.1) is 17.9 Å². The quantitative estimate of drug-likeness (QED) is 0.888. The first kappa shape index (κ1) is 18.7. The SMILES string of the molecule is CC(C(=O)N1CCCc2ccccc21)N1C[C@@H](C(F)(F)F)[C@H](C(=O)O)C1. The summed E-state index contributed by atoms with van der Waals surface area (Å²) in [6, 6.07) is 6.68. The number of nitrogens with zero attached hydrogens (tertiary/aromatic N) is 2. The molecule has 0 spiro atoms. The first-order chi connectivity index (χ1) is 12.2. The normalized spacial score (nSPS) is 25.0. The average Bonchev–Trinajstić information content (AvgIpc) is 3.06. The maximum absolute atomic E-state index is 13.2. The Kier molecular flexibility index (Phi) is 4.96. The van der Waals surface area contributed by atoms with Crippen molar-refractivity contribution in [3.63, 3.8) is 0 Å². The van der Waals surface area contributed by atoms with Crippen molar-refractivity contribution in [2.45, 2.75) is 32.0 Å². The number of amides is 1. The molecule has 1 aromatic carbocycles. The van der Waals surface area contributed by atoms with Crippen LogP contribution in [0, 0.1) is 11.8 Å². The lowest BCUT2D eigenvalue weighted by Gasteiger charge is -2.34. The Morgan fingerprint density at radius 1 is 1.23 bits per heavy atom. The average molecular weight is 370 g/mol. The number of hydrogen-bond acceptors (Lipinski definition) is 3. The predicted molar refractivity (Wildman–Crippen MR) is 88.8 cm³/mol. The molecule has 3 rings (SSSR count). The number of para-hydroxylation sites is 1. The summed E-state index contributed by atoms with van der Waals surface area (Å²) in [5, 5.41) is 9.14. The first-order valence-corrected chi connectivity index (χ1v) is 8.63. The van der Waals surface area contributed by atoms with Crippen LogP contribution in [0.4, 0.5) is 18.9 Å². The van der Waals surface area contributed by atoms with Crippen molar-refractivity contribution in [1.29, 1.82) is 0 Å². The summed E-state index contributed by atoms with van der Waals surface area (Å²) in [6.07, 6.45) is -2.95. The Labute approximate surface area is 149 Å². The van der Waals surface area contributed by atoms with Crippen LogP contribution < -0.4 is 4.90 Å². The molecule has 5 nitrogen and oxygen atoms in total. The van der Waals surface area contributed by atoms with Gasteiger partial charge >= 0.3 is 12.1 Å². The highest BCUT2D eigenvalue weighted by Crippen LogP contribution is 2.39. The second-order valence-corrected chi connectivity index (χ2v) is 6.94. The fraction of sp³-hybridized carbons (Fsp3) is 0.556. The Morgan fingerprint density at radius 2 is 1.92 bits per heavy atom. The summed E-state index contributed by atoms with van der Waals surface area (Å²) in [5.41, 5.74) is 1.83. The van der Waals surface area contributed by atoms with Crippen LogP contribution in [0.2, 0.25) is 0 Å². The number of halogens is 3. The van der Waals surface area contributed by atoms with Gasteiger partial charge in [-0.05, 0) is 31.4 Å². The summed E-state index contributed by atoms with van der Waals surface area (Å²) in [6.45, 7) is 1.32. The van der Waals surface area contributed by atoms with Gasteiger partial charge in [-0.2, -0.15) is 13.2 Å². The summed E-state index contributed by atoms with van der Waals surface area (Å²) in [5.74, 6) is -5.26. The number of carbonyl (C=O) groups excluding carboxylic acids is 1. The van der Waals surface area contributed by atoms with Gasteiger partial charge in [0.1, 0.15) is 0 Å². The molecule has 0 saturated carbocycles. The molecular weight excluding hydrogens is 349 g/mol. The van der Waals surface area contributed by atoms with E-state index in [-0.39, 0.29) is 12.5 Å². The van der Waals surface area contributed by atoms with E-state index in [9.17, 15) is 22.8 Å². The van der Waals surface area contributed by atoms with Gasteiger partial charge < -0.3 is 10.0 Å². The van der Waals surface area contributed by atoms with Crippen molar-refractivity contribution in [3.8, 4) is 0 Å². The lowest BCUT2D eigenvalue weighted by atomic mass is 9.96. The number of rotatable bonds is 3. The monoisotopic (exact) mass is 370 g/mol. The van der Waals surface area contributed by atoms with Crippen LogP contribution in [0.5, 0.6) is 0 Å². The van der Waals surface area contributed by atoms with E-state index in [1.54, 1.807) is 11.8 Å². The summed E-state index contributed by atoms with van der Waals surface area (Å²) in [7, 11) is 0. The second kappa shape index (κ2) is 6.90. The molecule has 1 N–H and O–H groups in total. The van der Waals surface area contributed by atoms with Crippen LogP contribution in [0.15, 0.2) is 24.3 Å². The number of hydrogen-bond donors (Lipinski definition) is 1. The summed E-state index contributed by atoms with van der Waals surface area (Å²) < 4.78 is 39.5. The smallest absolute Gasteiger partial charge is 0.393 e. The van der Waals surface area contributed by atoms with Gasteiger partial charge in [-0.25, -0.2) is 0 Å². The highest BCUT2D eigenvalue weighted by atomic mass is 19.4. The molecule has 1 fully saturated rings. The van der Waals surface area contributed by atoms with E-state index in [1.165, 1.54) is 4.90 Å². The van der Waals surface area contributed by atoms with Crippen molar-refractivity contribution in [2.75, 3.05) is 24.5 Å². The van der Waals surface area contributed by atoms with Crippen LogP contribution in [0.25, 0.3) is 0 Å². The summed E-state index contributed by atoms with van der Waals surface area (Å²) in [4.78, 5) is 27.1. The number of alkyl halides is 3. The zero-order chi connectivity index (χ0) is 19.1. The number of carbonyl (C=O) groups is 2. The third-order valence-electron chi connectivity index (χ3n) is 5.37. The van der Waals surface area contributed by atoms with Gasteiger partial charge in [0, 0.05) is 25.3 Å². The van der Waals surface area contributed by atoms with Gasteiger partial charge in [-0.3, -0.25) is 14.5 Å². The van der Waals surface area contributed by atoms with Gasteiger partial charge in [0.25, 0.3) is 0 Å². The minimum Gasteiger partial charge on any atom is -0.481 e. The van der Waals surface area contributed by atoms with E-state index in [0.29, 0.717) is 6.54 Å². The largest absolute Gasteiger partial charge is 0.481 e. The zero-order valence-electron chi connectivity index (χ0n) is 14.4. The fourth-order valence-electron chi connectivity index (χ4n) is 3.88. The standard InChI is InChI=1S/C18H21F3N2O3/c1-11(22-9-13(17(25)26)14(10-22)18(19,20)21)16(24)23-8-4-6-12-5-2-3-7-15(12)23/h2-3,5,7,11,13-14H,4,6,8-10H2,1H3,(H,25,26)/t11?,13-,14-/m1/s1. The van der Waals surface area contributed by atoms with Crippen LogP contribution in [0.1, 0.15) is 18.9 Å². The maximum Gasteiger partial charge on any atom is 0.393 e. The third kappa shape index (κ3) is 3.42. The third-order valence-corrected chi connectivity index (χ3v) is 5.37. The summed E-state index contributed by atoms with van der Waals surface area (Å²) >= 11 is 0. The van der Waals surface area contributed by atoms with Crippen molar-refractivity contribution in [2.24, 2.45) is 11.8 Å². The van der Waals surface area contributed by atoms with Crippen molar-refractivity contribution < 1.29 is 27.9 Å². The molecular formula is C18H21F3N2O3. The predicted octanol–water partition coefficient (Wildman–Crippen LogP) is 2.55. The lowest BCUT2D eigenvalue weighted by Crippen LogP contribution is -2.48.